The monoisotopic (exact) mass is 143 g/mol. The lowest BCUT2D eigenvalue weighted by Crippen LogP contribution is -2.53. The summed E-state index contributed by atoms with van der Waals surface area (Å²) >= 11 is 0. The summed E-state index contributed by atoms with van der Waals surface area (Å²) in [5.41, 5.74) is 0.247. The van der Waals surface area contributed by atoms with Crippen molar-refractivity contribution in [3.63, 3.8) is 0 Å². The molecule has 1 saturated heterocycles. The quantitative estimate of drug-likeness (QED) is 0.555. The van der Waals surface area contributed by atoms with Gasteiger partial charge in [0, 0.05) is 5.54 Å². The molecule has 1 heterocycles. The molecule has 2 nitrogen and oxygen atoms in total. The molecule has 2 unspecified atom stereocenters. The fraction of sp³-hybridized carbons (Fsp3) is 1.00. The Labute approximate surface area is 63.0 Å². The third-order valence-electron chi connectivity index (χ3n) is 1.83. The zero-order valence-corrected chi connectivity index (χ0v) is 7.27. The number of nitrogens with one attached hydrogen (secondary N) is 1. The van der Waals surface area contributed by atoms with Crippen LogP contribution < -0.4 is 5.32 Å². The van der Waals surface area contributed by atoms with Crippen molar-refractivity contribution in [2.24, 2.45) is 0 Å². The smallest absolute Gasteiger partial charge is 0.106 e. The van der Waals surface area contributed by atoms with E-state index in [0.29, 0.717) is 6.10 Å². The summed E-state index contributed by atoms with van der Waals surface area (Å²) in [4.78, 5) is 0. The predicted octanol–water partition coefficient (Wildman–Crippen LogP) is 1.51. The van der Waals surface area contributed by atoms with Crippen molar-refractivity contribution >= 4 is 0 Å². The third kappa shape index (κ3) is 1.96. The second kappa shape index (κ2) is 2.51. The molecule has 0 spiro atoms. The lowest BCUT2D eigenvalue weighted by molar-refractivity contribution is -0.0773. The average Bonchev–Trinajstić information content (AvgIpc) is 1.54. The second-order valence-corrected chi connectivity index (χ2v) is 3.82. The summed E-state index contributed by atoms with van der Waals surface area (Å²) in [5, 5.41) is 3.36. The summed E-state index contributed by atoms with van der Waals surface area (Å²) in [5.74, 6) is 0. The van der Waals surface area contributed by atoms with E-state index in [0.717, 1.165) is 6.42 Å². The van der Waals surface area contributed by atoms with Crippen LogP contribution in [0.15, 0.2) is 0 Å². The highest BCUT2D eigenvalue weighted by atomic mass is 16.5. The van der Waals surface area contributed by atoms with Crippen molar-refractivity contribution in [1.29, 1.82) is 0 Å². The Hall–Kier alpha value is -0.0800. The molecule has 0 aromatic carbocycles. The fourth-order valence-corrected chi connectivity index (χ4v) is 1.76. The standard InChI is InChI=1S/C8H17NO/c1-6-5-8(3,4)9-7(2)10-6/h6-7,9H,5H2,1-4H3. The highest BCUT2D eigenvalue weighted by Crippen LogP contribution is 2.20. The minimum atomic E-state index is 0.207. The number of rotatable bonds is 0. The van der Waals surface area contributed by atoms with Gasteiger partial charge in [0.05, 0.1) is 6.10 Å². The Balaban J connectivity index is 2.51. The van der Waals surface area contributed by atoms with Crippen molar-refractivity contribution in [2.75, 3.05) is 0 Å². The van der Waals surface area contributed by atoms with Crippen molar-refractivity contribution in [2.45, 2.75) is 52.0 Å². The van der Waals surface area contributed by atoms with Crippen molar-refractivity contribution in [3.05, 3.63) is 0 Å². The first-order valence-electron chi connectivity index (χ1n) is 3.93. The zero-order valence-electron chi connectivity index (χ0n) is 7.27. The molecule has 1 fully saturated rings. The van der Waals surface area contributed by atoms with Crippen molar-refractivity contribution in [3.8, 4) is 0 Å². The van der Waals surface area contributed by atoms with E-state index in [2.05, 4.69) is 33.0 Å². The second-order valence-electron chi connectivity index (χ2n) is 3.82. The van der Waals surface area contributed by atoms with Crippen molar-refractivity contribution < 1.29 is 4.74 Å². The first kappa shape index (κ1) is 8.02. The molecule has 0 radical (unpaired) electrons. The molecular formula is C8H17NO. The molecule has 0 aliphatic carbocycles. The van der Waals surface area contributed by atoms with Crippen LogP contribution >= 0.6 is 0 Å². The SMILES string of the molecule is CC1CC(C)(C)NC(C)O1. The molecule has 0 aromatic rings. The molecular weight excluding hydrogens is 126 g/mol. The van der Waals surface area contributed by atoms with E-state index in [4.69, 9.17) is 4.74 Å². The Kier molecular flexibility index (Phi) is 2.02. The molecule has 60 valence electrons. The van der Waals surface area contributed by atoms with Crippen LogP contribution in [0, 0.1) is 0 Å². The molecule has 0 amide bonds. The molecule has 1 aliphatic rings. The van der Waals surface area contributed by atoms with Gasteiger partial charge in [-0.3, -0.25) is 5.32 Å². The summed E-state index contributed by atoms with van der Waals surface area (Å²) in [6.07, 6.45) is 1.70. The molecule has 1 rings (SSSR count). The van der Waals surface area contributed by atoms with E-state index < -0.39 is 0 Å². The Morgan fingerprint density at radius 2 is 2.00 bits per heavy atom. The van der Waals surface area contributed by atoms with E-state index in [1.54, 1.807) is 0 Å². The maximum Gasteiger partial charge on any atom is 0.106 e. The number of hydrogen-bond acceptors (Lipinski definition) is 2. The molecule has 0 saturated carbocycles. The van der Waals surface area contributed by atoms with Crippen LogP contribution in [0.3, 0.4) is 0 Å². The van der Waals surface area contributed by atoms with Gasteiger partial charge in [-0.15, -0.1) is 0 Å². The maximum atomic E-state index is 5.51. The first-order valence-corrected chi connectivity index (χ1v) is 3.93. The van der Waals surface area contributed by atoms with Gasteiger partial charge in [-0.05, 0) is 34.1 Å². The highest BCUT2D eigenvalue weighted by molar-refractivity contribution is 4.84. The highest BCUT2D eigenvalue weighted by Gasteiger charge is 2.28. The minimum absolute atomic E-state index is 0.207. The lowest BCUT2D eigenvalue weighted by atomic mass is 9.95. The third-order valence-corrected chi connectivity index (χ3v) is 1.83. The Morgan fingerprint density at radius 1 is 1.40 bits per heavy atom. The van der Waals surface area contributed by atoms with Gasteiger partial charge >= 0.3 is 0 Å². The van der Waals surface area contributed by atoms with Gasteiger partial charge in [-0.1, -0.05) is 0 Å². The Bertz CT molecular complexity index is 110. The van der Waals surface area contributed by atoms with Gasteiger partial charge in [0.15, 0.2) is 0 Å². The molecule has 1 N–H and O–H groups in total. The summed E-state index contributed by atoms with van der Waals surface area (Å²) in [7, 11) is 0. The molecule has 2 heteroatoms. The fourth-order valence-electron chi connectivity index (χ4n) is 1.76. The van der Waals surface area contributed by atoms with Gasteiger partial charge < -0.3 is 4.74 Å². The largest absolute Gasteiger partial charge is 0.361 e. The predicted molar refractivity (Wildman–Crippen MR) is 41.8 cm³/mol. The van der Waals surface area contributed by atoms with Crippen LogP contribution in [0.2, 0.25) is 0 Å². The van der Waals surface area contributed by atoms with Crippen LogP contribution in [0.5, 0.6) is 0 Å². The summed E-state index contributed by atoms with van der Waals surface area (Å²) < 4.78 is 5.51. The maximum absolute atomic E-state index is 5.51. The lowest BCUT2D eigenvalue weighted by Gasteiger charge is -2.39. The number of hydrogen-bond donors (Lipinski definition) is 1. The van der Waals surface area contributed by atoms with E-state index in [-0.39, 0.29) is 11.8 Å². The zero-order chi connectivity index (χ0) is 7.78. The summed E-state index contributed by atoms with van der Waals surface area (Å²) in [6.45, 7) is 8.60. The number of ether oxygens (including phenoxy) is 1. The van der Waals surface area contributed by atoms with E-state index in [1.165, 1.54) is 0 Å². The molecule has 2 atom stereocenters. The molecule has 0 aromatic heterocycles. The Morgan fingerprint density at radius 3 is 2.40 bits per heavy atom. The van der Waals surface area contributed by atoms with Crippen LogP contribution in [-0.2, 0) is 4.74 Å². The van der Waals surface area contributed by atoms with E-state index in [1.807, 2.05) is 0 Å². The van der Waals surface area contributed by atoms with Gasteiger partial charge in [0.1, 0.15) is 6.23 Å². The normalized spacial score (nSPS) is 39.6. The van der Waals surface area contributed by atoms with Crippen LogP contribution in [-0.4, -0.2) is 17.9 Å². The van der Waals surface area contributed by atoms with Gasteiger partial charge in [-0.25, -0.2) is 0 Å². The van der Waals surface area contributed by atoms with Crippen LogP contribution in [0.1, 0.15) is 34.1 Å². The minimum Gasteiger partial charge on any atom is -0.361 e. The van der Waals surface area contributed by atoms with E-state index in [9.17, 15) is 0 Å². The topological polar surface area (TPSA) is 21.3 Å². The van der Waals surface area contributed by atoms with Crippen LogP contribution in [0.25, 0.3) is 0 Å². The first-order chi connectivity index (χ1) is 4.49. The van der Waals surface area contributed by atoms with E-state index >= 15 is 0 Å². The van der Waals surface area contributed by atoms with Crippen LogP contribution in [0.4, 0.5) is 0 Å². The van der Waals surface area contributed by atoms with Gasteiger partial charge in [0.2, 0.25) is 0 Å². The van der Waals surface area contributed by atoms with Crippen molar-refractivity contribution in [1.82, 2.24) is 5.32 Å². The average molecular weight is 143 g/mol. The van der Waals surface area contributed by atoms with Gasteiger partial charge in [-0.2, -0.15) is 0 Å². The molecule has 1 aliphatic heterocycles. The molecule has 10 heavy (non-hydrogen) atoms. The summed E-state index contributed by atoms with van der Waals surface area (Å²) in [6, 6.07) is 0. The molecule has 0 bridgehead atoms. The van der Waals surface area contributed by atoms with Gasteiger partial charge in [0.25, 0.3) is 0 Å².